The highest BCUT2D eigenvalue weighted by atomic mass is 35.5. The topological polar surface area (TPSA) is 67.9 Å². The first-order valence-electron chi connectivity index (χ1n) is 10.3. The van der Waals surface area contributed by atoms with Crippen molar-refractivity contribution in [1.82, 2.24) is 4.90 Å². The van der Waals surface area contributed by atoms with Gasteiger partial charge in [-0.25, -0.2) is 0 Å². The van der Waals surface area contributed by atoms with E-state index in [0.717, 1.165) is 11.1 Å². The average molecular weight is 463 g/mol. The Morgan fingerprint density at radius 3 is 2.30 bits per heavy atom. The van der Waals surface area contributed by atoms with Crippen LogP contribution in [0.3, 0.4) is 0 Å². The predicted molar refractivity (Wildman–Crippen MR) is 128 cm³/mol. The van der Waals surface area contributed by atoms with Crippen LogP contribution < -0.4 is 14.8 Å². The van der Waals surface area contributed by atoms with Crippen molar-refractivity contribution in [3.8, 4) is 11.5 Å². The lowest BCUT2D eigenvalue weighted by molar-refractivity contribution is -0.137. The zero-order chi connectivity index (χ0) is 23.5. The standard InChI is InChI=1S/C26H23ClN2O4/c1-16-8-11-18(14-21(16)27)28-24-23(20-6-4-5-7-22(20)33-3)25(30)29(26(24)31)15-17-9-12-19(32-2)13-10-17/h4-14,28H,15H2,1-3H3. The van der Waals surface area contributed by atoms with E-state index in [2.05, 4.69) is 5.32 Å². The van der Waals surface area contributed by atoms with Crippen molar-refractivity contribution in [1.29, 1.82) is 0 Å². The lowest BCUT2D eigenvalue weighted by Gasteiger charge is -2.16. The number of hydrogen-bond acceptors (Lipinski definition) is 5. The first kappa shape index (κ1) is 22.4. The summed E-state index contributed by atoms with van der Waals surface area (Å²) in [7, 11) is 3.11. The number of rotatable bonds is 7. The number of benzene rings is 3. The second-order valence-electron chi connectivity index (χ2n) is 7.58. The van der Waals surface area contributed by atoms with E-state index in [-0.39, 0.29) is 17.8 Å². The molecule has 168 valence electrons. The van der Waals surface area contributed by atoms with Crippen molar-refractivity contribution in [2.75, 3.05) is 19.5 Å². The summed E-state index contributed by atoms with van der Waals surface area (Å²) in [5.74, 6) is 0.375. The molecule has 0 radical (unpaired) electrons. The van der Waals surface area contributed by atoms with Crippen LogP contribution in [0, 0.1) is 6.92 Å². The highest BCUT2D eigenvalue weighted by Gasteiger charge is 2.40. The van der Waals surface area contributed by atoms with Gasteiger partial charge >= 0.3 is 0 Å². The molecule has 0 aromatic heterocycles. The minimum Gasteiger partial charge on any atom is -0.497 e. The number of nitrogens with one attached hydrogen (secondary N) is 1. The zero-order valence-corrected chi connectivity index (χ0v) is 19.3. The summed E-state index contributed by atoms with van der Waals surface area (Å²) in [6.07, 6.45) is 0. The van der Waals surface area contributed by atoms with E-state index in [0.29, 0.717) is 27.8 Å². The lowest BCUT2D eigenvalue weighted by atomic mass is 10.0. The molecule has 7 heteroatoms. The summed E-state index contributed by atoms with van der Waals surface area (Å²) in [5, 5.41) is 3.69. The monoisotopic (exact) mass is 462 g/mol. The first-order chi connectivity index (χ1) is 15.9. The Hall–Kier alpha value is -3.77. The molecule has 1 heterocycles. The Balaban J connectivity index is 1.75. The SMILES string of the molecule is COc1ccc(CN2C(=O)C(Nc3ccc(C)c(Cl)c3)=C(c3ccccc3OC)C2=O)cc1. The van der Waals surface area contributed by atoms with E-state index in [4.69, 9.17) is 21.1 Å². The van der Waals surface area contributed by atoms with Crippen molar-refractivity contribution in [2.45, 2.75) is 13.5 Å². The molecule has 0 atom stereocenters. The normalized spacial score (nSPS) is 13.5. The molecule has 1 N–H and O–H groups in total. The van der Waals surface area contributed by atoms with E-state index in [1.54, 1.807) is 43.5 Å². The Morgan fingerprint density at radius 1 is 0.909 bits per heavy atom. The van der Waals surface area contributed by atoms with Crippen LogP contribution >= 0.6 is 11.6 Å². The summed E-state index contributed by atoms with van der Waals surface area (Å²) in [5.41, 5.74) is 3.30. The molecule has 0 saturated heterocycles. The Bertz CT molecular complexity index is 1250. The maximum Gasteiger partial charge on any atom is 0.278 e. The van der Waals surface area contributed by atoms with Crippen LogP contribution in [-0.4, -0.2) is 30.9 Å². The number of aryl methyl sites for hydroxylation is 1. The number of carbonyl (C=O) groups is 2. The molecule has 1 aliphatic heterocycles. The number of imide groups is 1. The van der Waals surface area contributed by atoms with Crippen molar-refractivity contribution in [3.05, 3.63) is 94.1 Å². The van der Waals surface area contributed by atoms with E-state index in [1.807, 2.05) is 37.3 Å². The fourth-order valence-corrected chi connectivity index (χ4v) is 3.85. The molecule has 0 unspecified atom stereocenters. The van der Waals surface area contributed by atoms with Gasteiger partial charge < -0.3 is 14.8 Å². The summed E-state index contributed by atoms with van der Waals surface area (Å²) in [6.45, 7) is 2.02. The fourth-order valence-electron chi connectivity index (χ4n) is 3.67. The molecule has 2 amide bonds. The van der Waals surface area contributed by atoms with Crippen LogP contribution in [0.1, 0.15) is 16.7 Å². The number of carbonyl (C=O) groups excluding carboxylic acids is 2. The third-order valence-corrected chi connectivity index (χ3v) is 5.89. The van der Waals surface area contributed by atoms with Gasteiger partial charge in [-0.3, -0.25) is 14.5 Å². The van der Waals surface area contributed by atoms with Gasteiger partial charge in [0.1, 0.15) is 17.2 Å². The summed E-state index contributed by atoms with van der Waals surface area (Å²) < 4.78 is 10.7. The highest BCUT2D eigenvalue weighted by Crippen LogP contribution is 2.36. The Labute approximate surface area is 197 Å². The van der Waals surface area contributed by atoms with E-state index in [9.17, 15) is 9.59 Å². The maximum atomic E-state index is 13.5. The Kier molecular flexibility index (Phi) is 6.38. The summed E-state index contributed by atoms with van der Waals surface area (Å²) >= 11 is 6.28. The zero-order valence-electron chi connectivity index (χ0n) is 18.5. The van der Waals surface area contributed by atoms with Gasteiger partial charge in [0, 0.05) is 16.3 Å². The molecule has 6 nitrogen and oxygen atoms in total. The molecule has 33 heavy (non-hydrogen) atoms. The molecule has 0 saturated carbocycles. The van der Waals surface area contributed by atoms with E-state index < -0.39 is 11.8 Å². The first-order valence-corrected chi connectivity index (χ1v) is 10.7. The third-order valence-electron chi connectivity index (χ3n) is 5.49. The van der Waals surface area contributed by atoms with Crippen LogP contribution in [0.2, 0.25) is 5.02 Å². The second kappa shape index (κ2) is 9.38. The number of anilines is 1. The van der Waals surface area contributed by atoms with Crippen LogP contribution in [-0.2, 0) is 16.1 Å². The Morgan fingerprint density at radius 2 is 1.64 bits per heavy atom. The number of hydrogen-bond donors (Lipinski definition) is 1. The molecule has 0 aliphatic carbocycles. The minimum absolute atomic E-state index is 0.125. The molecule has 3 aromatic carbocycles. The van der Waals surface area contributed by atoms with Gasteiger partial charge in [-0.2, -0.15) is 0 Å². The summed E-state index contributed by atoms with van der Waals surface area (Å²) in [4.78, 5) is 28.2. The van der Waals surface area contributed by atoms with Crippen molar-refractivity contribution < 1.29 is 19.1 Å². The predicted octanol–water partition coefficient (Wildman–Crippen LogP) is 5.06. The van der Waals surface area contributed by atoms with Gasteiger partial charge in [0.2, 0.25) is 0 Å². The molecule has 0 fully saturated rings. The van der Waals surface area contributed by atoms with Crippen LogP contribution in [0.5, 0.6) is 11.5 Å². The summed E-state index contributed by atoms with van der Waals surface area (Å²) in [6, 6.07) is 19.8. The molecular weight excluding hydrogens is 440 g/mol. The smallest absolute Gasteiger partial charge is 0.278 e. The average Bonchev–Trinajstić information content (AvgIpc) is 3.06. The molecule has 3 aromatic rings. The molecule has 1 aliphatic rings. The fraction of sp³-hybridized carbons (Fsp3) is 0.154. The van der Waals surface area contributed by atoms with Gasteiger partial charge in [0.25, 0.3) is 11.8 Å². The third kappa shape index (κ3) is 4.43. The quantitative estimate of drug-likeness (QED) is 0.497. The second-order valence-corrected chi connectivity index (χ2v) is 7.99. The largest absolute Gasteiger partial charge is 0.497 e. The van der Waals surface area contributed by atoms with Gasteiger partial charge in [-0.1, -0.05) is 48.0 Å². The van der Waals surface area contributed by atoms with Crippen LogP contribution in [0.4, 0.5) is 5.69 Å². The number of halogens is 1. The van der Waals surface area contributed by atoms with Gasteiger partial charge in [0.15, 0.2) is 0 Å². The molecular formula is C26H23ClN2O4. The minimum atomic E-state index is -0.423. The number of ether oxygens (including phenoxy) is 2. The van der Waals surface area contributed by atoms with Crippen molar-refractivity contribution in [3.63, 3.8) is 0 Å². The lowest BCUT2D eigenvalue weighted by Crippen LogP contribution is -2.32. The van der Waals surface area contributed by atoms with Crippen molar-refractivity contribution in [2.24, 2.45) is 0 Å². The highest BCUT2D eigenvalue weighted by molar-refractivity contribution is 6.37. The van der Waals surface area contributed by atoms with E-state index in [1.165, 1.54) is 12.0 Å². The molecule has 4 rings (SSSR count). The number of amides is 2. The van der Waals surface area contributed by atoms with Gasteiger partial charge in [0.05, 0.1) is 26.3 Å². The van der Waals surface area contributed by atoms with Gasteiger partial charge in [-0.15, -0.1) is 0 Å². The molecule has 0 bridgehead atoms. The van der Waals surface area contributed by atoms with Crippen molar-refractivity contribution >= 4 is 34.7 Å². The van der Waals surface area contributed by atoms with Gasteiger partial charge in [-0.05, 0) is 48.4 Å². The number of methoxy groups -OCH3 is 2. The maximum absolute atomic E-state index is 13.5. The van der Waals surface area contributed by atoms with Crippen LogP contribution in [0.25, 0.3) is 5.57 Å². The number of nitrogens with zero attached hydrogens (tertiary/aromatic N) is 1. The number of para-hydroxylation sites is 1. The van der Waals surface area contributed by atoms with Crippen LogP contribution in [0.15, 0.2) is 72.4 Å². The van der Waals surface area contributed by atoms with E-state index >= 15 is 0 Å². The molecule has 0 spiro atoms.